The molecule has 0 bridgehead atoms. The van der Waals surface area contributed by atoms with Crippen LogP contribution >= 0.6 is 0 Å². The number of rotatable bonds is 10. The van der Waals surface area contributed by atoms with Crippen molar-refractivity contribution in [3.05, 3.63) is 266 Å². The minimum absolute atomic E-state index is 0.0197. The number of hydrogen-bond donors (Lipinski definition) is 0. The molecule has 0 radical (unpaired) electrons. The summed E-state index contributed by atoms with van der Waals surface area (Å²) in [6, 6.07) is 85.1. The predicted octanol–water partition coefficient (Wildman–Crippen LogP) is 20.5. The lowest BCUT2D eigenvalue weighted by molar-refractivity contribution is 0.483. The number of aryl methyl sites for hydroxylation is 1. The molecular weight excluding hydrogens is 973 g/mol. The molecule has 0 spiro atoms. The van der Waals surface area contributed by atoms with Crippen molar-refractivity contribution >= 4 is 44.6 Å². The van der Waals surface area contributed by atoms with Gasteiger partial charge in [0.25, 0.3) is 0 Å². The topological polar surface area (TPSA) is 33.5 Å². The maximum Gasteiger partial charge on any atom is 0.137 e. The van der Waals surface area contributed by atoms with Crippen LogP contribution in [0, 0.1) is 6.85 Å². The van der Waals surface area contributed by atoms with E-state index in [4.69, 9.17) is 13.8 Å². The average Bonchev–Trinajstić information content (AvgIpc) is 2.21. The molecule has 0 unspecified atom stereocenters. The second-order valence-electron chi connectivity index (χ2n) is 23.1. The third-order valence-electron chi connectivity index (χ3n) is 15.8. The average molecular weight is 1040 g/mol. The van der Waals surface area contributed by atoms with Crippen LogP contribution in [0.15, 0.2) is 249 Å². The third kappa shape index (κ3) is 9.39. The standard InChI is InChI=1S/C75H64N4O/c1-50-43-72(76-48-67(50)53-21-12-9-13-22-53)79-68-42-35-56(52-31-36-58(37-32-52)74(2,3)4)45-66(68)65-41-40-62(47-71(65)79)80-61-26-17-25-60(46-61)77-49-78(70-30-15-14-29-69(70)77)73-63(54-33-38-59(39-34-54)75(5,6)7)27-18-28-64(73)57-24-16-23-55(44-57)51-19-10-8-11-20-51/h8-48H,49H2,1-7H3/i1D3. The van der Waals surface area contributed by atoms with Gasteiger partial charge in [-0.25, -0.2) is 4.98 Å². The smallest absolute Gasteiger partial charge is 0.137 e. The van der Waals surface area contributed by atoms with Crippen LogP contribution in [0.25, 0.3) is 83.3 Å². The number of aromatic nitrogens is 2. The van der Waals surface area contributed by atoms with Crippen molar-refractivity contribution in [2.45, 2.75) is 59.2 Å². The fourth-order valence-electron chi connectivity index (χ4n) is 11.5. The zero-order valence-corrected chi connectivity index (χ0v) is 46.1. The summed E-state index contributed by atoms with van der Waals surface area (Å²) >= 11 is 0. The Hall–Kier alpha value is -9.45. The maximum absolute atomic E-state index is 8.74. The number of benzene rings is 10. The number of nitrogens with zero attached hydrogens (tertiary/aromatic N) is 4. The summed E-state index contributed by atoms with van der Waals surface area (Å²) in [6.45, 7) is 11.6. The van der Waals surface area contributed by atoms with Gasteiger partial charge in [0.15, 0.2) is 0 Å². The van der Waals surface area contributed by atoms with Gasteiger partial charge in [0.1, 0.15) is 24.0 Å². The van der Waals surface area contributed by atoms with Crippen LogP contribution in [-0.2, 0) is 10.8 Å². The highest BCUT2D eigenvalue weighted by molar-refractivity contribution is 6.11. The molecule has 390 valence electrons. The second kappa shape index (κ2) is 20.1. The molecule has 5 nitrogen and oxygen atoms in total. The Kier molecular flexibility index (Phi) is 11.7. The molecule has 10 aromatic carbocycles. The van der Waals surface area contributed by atoms with E-state index in [2.05, 4.69) is 244 Å². The van der Waals surface area contributed by atoms with Gasteiger partial charge in [-0.2, -0.15) is 0 Å². The van der Waals surface area contributed by atoms with Crippen molar-refractivity contribution in [2.24, 2.45) is 0 Å². The SMILES string of the molecule is [2H]C([2H])([2H])c1cc(-n2c3ccc(-c4ccc(C(C)(C)C)cc4)cc3c3ccc(Oc4cccc(N5CN(c6c(-c7ccc(C(C)(C)C)cc7)cccc6-c6cccc(-c7ccccc7)c6)c6ccccc65)c4)cc32)ncc1-c1ccccc1. The quantitative estimate of drug-likeness (QED) is 0.137. The minimum atomic E-state index is -2.40. The Bertz CT molecular complexity index is 4380. The summed E-state index contributed by atoms with van der Waals surface area (Å²) in [5.74, 6) is 1.81. The second-order valence-corrected chi connectivity index (χ2v) is 23.1. The lowest BCUT2D eigenvalue weighted by Gasteiger charge is -2.28. The Balaban J connectivity index is 0.895. The van der Waals surface area contributed by atoms with E-state index in [1.54, 1.807) is 12.3 Å². The number of hydrogen-bond acceptors (Lipinski definition) is 4. The Morgan fingerprint density at radius 3 is 1.66 bits per heavy atom. The lowest BCUT2D eigenvalue weighted by atomic mass is 9.85. The van der Waals surface area contributed by atoms with Crippen molar-refractivity contribution in [1.29, 1.82) is 0 Å². The van der Waals surface area contributed by atoms with Crippen LogP contribution in [0.3, 0.4) is 0 Å². The Morgan fingerprint density at radius 1 is 0.412 bits per heavy atom. The summed E-state index contributed by atoms with van der Waals surface area (Å²) in [5, 5.41) is 2.01. The van der Waals surface area contributed by atoms with Gasteiger partial charge in [0.2, 0.25) is 0 Å². The molecule has 0 N–H and O–H groups in total. The fraction of sp³-hybridized carbons (Fsp3) is 0.133. The Labute approximate surface area is 474 Å². The molecule has 80 heavy (non-hydrogen) atoms. The van der Waals surface area contributed by atoms with Gasteiger partial charge >= 0.3 is 0 Å². The third-order valence-corrected chi connectivity index (χ3v) is 15.8. The van der Waals surface area contributed by atoms with E-state index < -0.39 is 6.85 Å². The molecule has 5 heteroatoms. The predicted molar refractivity (Wildman–Crippen MR) is 336 cm³/mol. The van der Waals surface area contributed by atoms with Gasteiger partial charge in [0.05, 0.1) is 28.1 Å². The number of fused-ring (bicyclic) bond motifs is 4. The first kappa shape index (κ1) is 46.6. The van der Waals surface area contributed by atoms with Crippen molar-refractivity contribution in [2.75, 3.05) is 16.5 Å². The van der Waals surface area contributed by atoms with Crippen LogP contribution < -0.4 is 14.5 Å². The zero-order chi connectivity index (χ0) is 57.2. The molecule has 1 aliphatic rings. The van der Waals surface area contributed by atoms with Crippen LogP contribution in [0.1, 0.15) is 62.3 Å². The van der Waals surface area contributed by atoms with Gasteiger partial charge in [-0.3, -0.25) is 4.57 Å². The summed E-state index contributed by atoms with van der Waals surface area (Å²) < 4.78 is 35.2. The summed E-state index contributed by atoms with van der Waals surface area (Å²) in [7, 11) is 0. The molecule has 0 saturated heterocycles. The molecule has 0 saturated carbocycles. The molecule has 13 rings (SSSR count). The normalized spacial score (nSPS) is 13.3. The van der Waals surface area contributed by atoms with E-state index in [0.29, 0.717) is 29.5 Å². The largest absolute Gasteiger partial charge is 0.457 e. The highest BCUT2D eigenvalue weighted by Gasteiger charge is 2.32. The lowest BCUT2D eigenvalue weighted by Crippen LogP contribution is -2.25. The molecule has 0 atom stereocenters. The van der Waals surface area contributed by atoms with Gasteiger partial charge in [-0.1, -0.05) is 211 Å². The van der Waals surface area contributed by atoms with Crippen LogP contribution in [0.4, 0.5) is 22.7 Å². The first-order valence-corrected chi connectivity index (χ1v) is 27.6. The van der Waals surface area contributed by atoms with Crippen molar-refractivity contribution < 1.29 is 8.85 Å². The molecule has 3 heterocycles. The zero-order valence-electron chi connectivity index (χ0n) is 49.1. The van der Waals surface area contributed by atoms with Gasteiger partial charge < -0.3 is 14.5 Å². The summed E-state index contributed by atoms with van der Waals surface area (Å²) in [6.07, 6.45) is 1.70. The molecular formula is C75H64N4O. The number of anilines is 4. The van der Waals surface area contributed by atoms with Gasteiger partial charge in [0, 0.05) is 55.6 Å². The first-order chi connectivity index (χ1) is 40.0. The summed E-state index contributed by atoms with van der Waals surface area (Å²) in [5.41, 5.74) is 19.4. The minimum Gasteiger partial charge on any atom is -0.457 e. The van der Waals surface area contributed by atoms with E-state index >= 15 is 0 Å². The van der Waals surface area contributed by atoms with E-state index in [0.717, 1.165) is 83.5 Å². The fourth-order valence-corrected chi connectivity index (χ4v) is 11.5. The molecule has 1 aliphatic heterocycles. The van der Waals surface area contributed by atoms with E-state index in [-0.39, 0.29) is 16.4 Å². The van der Waals surface area contributed by atoms with E-state index in [9.17, 15) is 0 Å². The maximum atomic E-state index is 8.74. The van der Waals surface area contributed by atoms with E-state index in [1.807, 2.05) is 48.5 Å². The Morgan fingerprint density at radius 2 is 0.963 bits per heavy atom. The highest BCUT2D eigenvalue weighted by atomic mass is 16.5. The summed E-state index contributed by atoms with van der Waals surface area (Å²) in [4.78, 5) is 9.88. The molecule has 0 fully saturated rings. The van der Waals surface area contributed by atoms with Crippen LogP contribution in [0.5, 0.6) is 11.5 Å². The van der Waals surface area contributed by atoms with Crippen molar-refractivity contribution in [3.63, 3.8) is 0 Å². The van der Waals surface area contributed by atoms with Gasteiger partial charge in [-0.05, 0) is 134 Å². The van der Waals surface area contributed by atoms with E-state index in [1.165, 1.54) is 22.3 Å². The molecule has 0 aliphatic carbocycles. The van der Waals surface area contributed by atoms with Crippen LogP contribution in [0.2, 0.25) is 0 Å². The molecule has 2 aromatic heterocycles. The molecule has 12 aromatic rings. The number of para-hydroxylation sites is 3. The highest BCUT2D eigenvalue weighted by Crippen LogP contribution is 2.51. The molecule has 0 amide bonds. The number of pyridine rings is 1. The van der Waals surface area contributed by atoms with Crippen molar-refractivity contribution in [1.82, 2.24) is 9.55 Å². The van der Waals surface area contributed by atoms with Crippen LogP contribution in [-0.4, -0.2) is 16.2 Å². The number of ether oxygens (including phenoxy) is 1. The van der Waals surface area contributed by atoms with Gasteiger partial charge in [-0.15, -0.1) is 0 Å². The monoisotopic (exact) mass is 1040 g/mol. The first-order valence-electron chi connectivity index (χ1n) is 29.1. The van der Waals surface area contributed by atoms with Crippen molar-refractivity contribution in [3.8, 4) is 73.0 Å².